The lowest BCUT2D eigenvalue weighted by atomic mass is 9.64. The van der Waals surface area contributed by atoms with Crippen molar-refractivity contribution in [3.8, 4) is 0 Å². The molecule has 0 heterocycles. The Morgan fingerprint density at radius 1 is 0.895 bits per heavy atom. The highest BCUT2D eigenvalue weighted by atomic mass is 14.9. The average molecular weight is 265 g/mol. The molecule has 0 radical (unpaired) electrons. The third kappa shape index (κ3) is 3.74. The van der Waals surface area contributed by atoms with E-state index < -0.39 is 0 Å². The second kappa shape index (κ2) is 7.67. The van der Waals surface area contributed by atoms with Gasteiger partial charge in [-0.25, -0.2) is 0 Å². The Morgan fingerprint density at radius 2 is 1.58 bits per heavy atom. The summed E-state index contributed by atoms with van der Waals surface area (Å²) in [6.07, 6.45) is 13.3. The molecule has 0 aromatic heterocycles. The van der Waals surface area contributed by atoms with Crippen molar-refractivity contribution in [1.82, 2.24) is 5.32 Å². The fraction of sp³-hybridized carbons (Fsp3) is 1.00. The molecule has 2 aliphatic rings. The Hall–Kier alpha value is -0.0400. The van der Waals surface area contributed by atoms with Crippen molar-refractivity contribution in [1.29, 1.82) is 0 Å². The van der Waals surface area contributed by atoms with Gasteiger partial charge in [0.2, 0.25) is 0 Å². The number of hydrogen-bond donors (Lipinski definition) is 1. The Morgan fingerprint density at radius 3 is 2.21 bits per heavy atom. The van der Waals surface area contributed by atoms with Gasteiger partial charge in [-0.05, 0) is 49.5 Å². The molecule has 0 amide bonds. The molecule has 2 aliphatic carbocycles. The van der Waals surface area contributed by atoms with Crippen LogP contribution in [-0.2, 0) is 0 Å². The number of fused-ring (bicyclic) bond motifs is 1. The maximum Gasteiger partial charge on any atom is 0.0123 e. The van der Waals surface area contributed by atoms with Gasteiger partial charge in [-0.15, -0.1) is 0 Å². The zero-order chi connectivity index (χ0) is 13.7. The lowest BCUT2D eigenvalue weighted by Gasteiger charge is -2.44. The van der Waals surface area contributed by atoms with Crippen LogP contribution < -0.4 is 5.32 Å². The van der Waals surface area contributed by atoms with Gasteiger partial charge in [0.15, 0.2) is 0 Å². The predicted molar refractivity (Wildman–Crippen MR) is 84.3 cm³/mol. The normalized spacial score (nSPS) is 33.2. The minimum atomic E-state index is 0.794. The average Bonchev–Trinajstić information content (AvgIpc) is 2.47. The van der Waals surface area contributed by atoms with Crippen LogP contribution in [0.15, 0.2) is 0 Å². The van der Waals surface area contributed by atoms with Crippen LogP contribution in [0.5, 0.6) is 0 Å². The molecule has 0 aromatic carbocycles. The van der Waals surface area contributed by atoms with E-state index in [0.717, 1.165) is 36.3 Å². The van der Waals surface area contributed by atoms with Crippen LogP contribution >= 0.6 is 0 Å². The van der Waals surface area contributed by atoms with E-state index in [4.69, 9.17) is 0 Å². The van der Waals surface area contributed by atoms with E-state index in [-0.39, 0.29) is 0 Å². The number of hydrogen-bond acceptors (Lipinski definition) is 1. The second-order valence-corrected chi connectivity index (χ2v) is 7.04. The highest BCUT2D eigenvalue weighted by Crippen LogP contribution is 2.44. The van der Waals surface area contributed by atoms with Crippen molar-refractivity contribution in [3.63, 3.8) is 0 Å². The highest BCUT2D eigenvalue weighted by Gasteiger charge is 2.36. The molecule has 2 rings (SSSR count). The zero-order valence-electron chi connectivity index (χ0n) is 13.5. The van der Waals surface area contributed by atoms with Gasteiger partial charge in [0.1, 0.15) is 0 Å². The van der Waals surface area contributed by atoms with Gasteiger partial charge in [0, 0.05) is 6.04 Å². The Balaban J connectivity index is 1.97. The van der Waals surface area contributed by atoms with Gasteiger partial charge in [-0.3, -0.25) is 0 Å². The second-order valence-electron chi connectivity index (χ2n) is 7.04. The van der Waals surface area contributed by atoms with Gasteiger partial charge < -0.3 is 5.32 Å². The SMILES string of the molecule is CCNC(C(CC)CC)C1CCC2CCCCC2C1. The first-order chi connectivity index (χ1) is 9.30. The highest BCUT2D eigenvalue weighted by molar-refractivity contribution is 4.90. The molecule has 0 aliphatic heterocycles. The lowest BCUT2D eigenvalue weighted by molar-refractivity contribution is 0.0916. The van der Waals surface area contributed by atoms with E-state index in [1.807, 2.05) is 0 Å². The molecule has 0 spiro atoms. The fourth-order valence-corrected chi connectivity index (χ4v) is 4.99. The molecule has 1 N–H and O–H groups in total. The molecule has 4 unspecified atom stereocenters. The maximum absolute atomic E-state index is 3.85. The molecular weight excluding hydrogens is 230 g/mol. The van der Waals surface area contributed by atoms with Crippen molar-refractivity contribution in [2.24, 2.45) is 23.7 Å². The summed E-state index contributed by atoms with van der Waals surface area (Å²) in [6.45, 7) is 8.18. The third-order valence-electron chi connectivity index (χ3n) is 6.08. The standard InChI is InChI=1S/C18H35N/c1-4-14(5-2)18(19-6-3)17-12-11-15-9-7-8-10-16(15)13-17/h14-19H,4-13H2,1-3H3. The molecule has 0 aromatic rings. The molecule has 19 heavy (non-hydrogen) atoms. The third-order valence-corrected chi connectivity index (χ3v) is 6.08. The van der Waals surface area contributed by atoms with Crippen molar-refractivity contribution < 1.29 is 0 Å². The van der Waals surface area contributed by atoms with E-state index in [1.165, 1.54) is 57.8 Å². The minimum absolute atomic E-state index is 0.794. The maximum atomic E-state index is 3.85. The Labute approximate surface area is 120 Å². The van der Waals surface area contributed by atoms with Gasteiger partial charge in [0.25, 0.3) is 0 Å². The summed E-state index contributed by atoms with van der Waals surface area (Å²) >= 11 is 0. The molecule has 4 atom stereocenters. The summed E-state index contributed by atoms with van der Waals surface area (Å²) in [5, 5.41) is 3.85. The smallest absolute Gasteiger partial charge is 0.0123 e. The molecule has 2 fully saturated rings. The number of rotatable bonds is 6. The lowest BCUT2D eigenvalue weighted by Crippen LogP contribution is -2.45. The summed E-state index contributed by atoms with van der Waals surface area (Å²) in [5.74, 6) is 4.02. The zero-order valence-corrected chi connectivity index (χ0v) is 13.5. The van der Waals surface area contributed by atoms with Crippen LogP contribution in [0.1, 0.15) is 78.6 Å². The Kier molecular flexibility index (Phi) is 6.19. The first-order valence-corrected chi connectivity index (χ1v) is 9.03. The van der Waals surface area contributed by atoms with Crippen LogP contribution in [-0.4, -0.2) is 12.6 Å². The summed E-state index contributed by atoms with van der Waals surface area (Å²) in [6, 6.07) is 0.794. The largest absolute Gasteiger partial charge is 0.314 e. The first-order valence-electron chi connectivity index (χ1n) is 9.03. The van der Waals surface area contributed by atoms with Gasteiger partial charge in [0.05, 0.1) is 0 Å². The summed E-state index contributed by atoms with van der Waals surface area (Å²) in [5.41, 5.74) is 0. The molecule has 0 saturated heterocycles. The fourth-order valence-electron chi connectivity index (χ4n) is 4.99. The molecule has 0 bridgehead atoms. The van der Waals surface area contributed by atoms with Gasteiger partial charge in [-0.2, -0.15) is 0 Å². The van der Waals surface area contributed by atoms with E-state index in [1.54, 1.807) is 0 Å². The Bertz CT molecular complexity index is 246. The van der Waals surface area contributed by atoms with Crippen LogP contribution in [0.4, 0.5) is 0 Å². The van der Waals surface area contributed by atoms with Crippen LogP contribution in [0, 0.1) is 23.7 Å². The first kappa shape index (κ1) is 15.4. The quantitative estimate of drug-likeness (QED) is 0.712. The summed E-state index contributed by atoms with van der Waals surface area (Å²) in [4.78, 5) is 0. The van der Waals surface area contributed by atoms with E-state index >= 15 is 0 Å². The van der Waals surface area contributed by atoms with Crippen molar-refractivity contribution in [2.75, 3.05) is 6.54 Å². The number of nitrogens with one attached hydrogen (secondary N) is 1. The summed E-state index contributed by atoms with van der Waals surface area (Å²) < 4.78 is 0. The van der Waals surface area contributed by atoms with E-state index in [0.29, 0.717) is 0 Å². The molecule has 1 heteroatoms. The predicted octanol–water partition coefficient (Wildman–Crippen LogP) is 5.01. The van der Waals surface area contributed by atoms with E-state index in [2.05, 4.69) is 26.1 Å². The van der Waals surface area contributed by atoms with Crippen molar-refractivity contribution >= 4 is 0 Å². The topological polar surface area (TPSA) is 12.0 Å². The molecular formula is C18H35N. The minimum Gasteiger partial charge on any atom is -0.314 e. The van der Waals surface area contributed by atoms with Crippen molar-refractivity contribution in [2.45, 2.75) is 84.6 Å². The monoisotopic (exact) mass is 265 g/mol. The van der Waals surface area contributed by atoms with Crippen LogP contribution in [0.3, 0.4) is 0 Å². The van der Waals surface area contributed by atoms with Crippen LogP contribution in [0.25, 0.3) is 0 Å². The summed E-state index contributed by atoms with van der Waals surface area (Å²) in [7, 11) is 0. The molecule has 2 saturated carbocycles. The van der Waals surface area contributed by atoms with E-state index in [9.17, 15) is 0 Å². The van der Waals surface area contributed by atoms with Crippen LogP contribution in [0.2, 0.25) is 0 Å². The van der Waals surface area contributed by atoms with Gasteiger partial charge >= 0.3 is 0 Å². The van der Waals surface area contributed by atoms with Crippen molar-refractivity contribution in [3.05, 3.63) is 0 Å². The van der Waals surface area contributed by atoms with Gasteiger partial charge in [-0.1, -0.05) is 59.3 Å². The molecule has 1 nitrogen and oxygen atoms in total. The molecule has 112 valence electrons.